The Hall–Kier alpha value is -1.63. The Kier molecular flexibility index (Phi) is 9.59. The van der Waals surface area contributed by atoms with E-state index in [0.717, 1.165) is 18.4 Å². The zero-order valence-corrected chi connectivity index (χ0v) is 17.5. The van der Waals surface area contributed by atoms with Gasteiger partial charge in [0, 0.05) is 19.2 Å². The molecular weight excluding hydrogens is 342 g/mol. The van der Waals surface area contributed by atoms with Crippen molar-refractivity contribution in [2.75, 3.05) is 13.2 Å². The highest BCUT2D eigenvalue weighted by atomic mass is 16.5. The molecular formula is C20H37N5O2. The van der Waals surface area contributed by atoms with Gasteiger partial charge in [0.15, 0.2) is 11.8 Å². The molecule has 1 fully saturated rings. The van der Waals surface area contributed by atoms with Crippen LogP contribution < -0.4 is 10.6 Å². The molecule has 27 heavy (non-hydrogen) atoms. The molecule has 0 bridgehead atoms. The first-order valence-electron chi connectivity index (χ1n) is 10.6. The molecule has 0 radical (unpaired) electrons. The molecule has 1 aromatic rings. The van der Waals surface area contributed by atoms with Gasteiger partial charge < -0.3 is 19.9 Å². The number of hydrogen-bond acceptors (Lipinski definition) is 5. The Labute approximate surface area is 163 Å². The highest BCUT2D eigenvalue weighted by Crippen LogP contribution is 2.27. The summed E-state index contributed by atoms with van der Waals surface area (Å²) in [6.45, 7) is 9.96. The van der Waals surface area contributed by atoms with E-state index in [1.54, 1.807) is 0 Å². The molecule has 0 spiro atoms. The van der Waals surface area contributed by atoms with E-state index in [1.165, 1.54) is 44.9 Å². The van der Waals surface area contributed by atoms with E-state index >= 15 is 0 Å². The molecule has 2 unspecified atom stereocenters. The van der Waals surface area contributed by atoms with E-state index < -0.39 is 0 Å². The maximum atomic E-state index is 5.49. The molecule has 2 atom stereocenters. The predicted octanol–water partition coefficient (Wildman–Crippen LogP) is 3.97. The number of hydrogen-bond donors (Lipinski definition) is 2. The fourth-order valence-electron chi connectivity index (χ4n) is 3.56. The molecule has 0 aliphatic heterocycles. The Morgan fingerprint density at radius 3 is 2.74 bits per heavy atom. The molecule has 7 heteroatoms. The monoisotopic (exact) mass is 379 g/mol. The van der Waals surface area contributed by atoms with Crippen molar-refractivity contribution in [2.24, 2.45) is 10.9 Å². The quantitative estimate of drug-likeness (QED) is 0.473. The van der Waals surface area contributed by atoms with E-state index in [-0.39, 0.29) is 6.10 Å². The second-order valence-corrected chi connectivity index (χ2v) is 7.47. The molecule has 2 N–H and O–H groups in total. The number of nitrogens with one attached hydrogen (secondary N) is 2. The standard InChI is InChI=1S/C20H37N5O2/c1-5-21-20(23-15(3)12-13-17-10-8-7-9-11-17)22-14-18-24-19(25-27-18)16(4)26-6-2/h15-17H,5-14H2,1-4H3,(H2,21,22,23). The molecule has 1 saturated carbocycles. The smallest absolute Gasteiger partial charge is 0.248 e. The third-order valence-corrected chi connectivity index (χ3v) is 5.10. The second kappa shape index (κ2) is 12.0. The lowest BCUT2D eigenvalue weighted by molar-refractivity contribution is 0.0683. The Balaban J connectivity index is 1.82. The van der Waals surface area contributed by atoms with Crippen LogP contribution in [0.3, 0.4) is 0 Å². The van der Waals surface area contributed by atoms with Gasteiger partial charge in [0.05, 0.1) is 0 Å². The molecule has 7 nitrogen and oxygen atoms in total. The van der Waals surface area contributed by atoms with E-state index in [2.05, 4.69) is 39.6 Å². The first kappa shape index (κ1) is 21.7. The van der Waals surface area contributed by atoms with Gasteiger partial charge in [-0.2, -0.15) is 4.98 Å². The van der Waals surface area contributed by atoms with Crippen LogP contribution in [-0.2, 0) is 11.3 Å². The summed E-state index contributed by atoms with van der Waals surface area (Å²) in [5.74, 6) is 2.78. The van der Waals surface area contributed by atoms with Gasteiger partial charge in [-0.3, -0.25) is 0 Å². The SMILES string of the molecule is CCNC(=NCc1nc(C(C)OCC)no1)NC(C)CCC1CCCCC1. The third kappa shape index (κ3) is 7.87. The van der Waals surface area contributed by atoms with Crippen molar-refractivity contribution in [3.8, 4) is 0 Å². The van der Waals surface area contributed by atoms with Crippen LogP contribution >= 0.6 is 0 Å². The topological polar surface area (TPSA) is 84.6 Å². The van der Waals surface area contributed by atoms with Gasteiger partial charge in [0.1, 0.15) is 12.6 Å². The minimum Gasteiger partial charge on any atom is -0.371 e. The maximum Gasteiger partial charge on any atom is 0.248 e. The number of guanidine groups is 1. The molecule has 0 amide bonds. The maximum absolute atomic E-state index is 5.49. The summed E-state index contributed by atoms with van der Waals surface area (Å²) in [6, 6.07) is 0.390. The van der Waals surface area contributed by atoms with Crippen LogP contribution in [0.1, 0.15) is 90.5 Å². The summed E-state index contributed by atoms with van der Waals surface area (Å²) < 4.78 is 10.8. The van der Waals surface area contributed by atoms with E-state index in [0.29, 0.717) is 30.9 Å². The van der Waals surface area contributed by atoms with Crippen molar-refractivity contribution in [3.63, 3.8) is 0 Å². The average Bonchev–Trinajstić information content (AvgIpc) is 3.15. The van der Waals surface area contributed by atoms with Gasteiger partial charge in [0.25, 0.3) is 0 Å². The molecule has 1 aromatic heterocycles. The average molecular weight is 380 g/mol. The Morgan fingerprint density at radius 1 is 1.26 bits per heavy atom. The highest BCUT2D eigenvalue weighted by Gasteiger charge is 2.16. The van der Waals surface area contributed by atoms with Crippen molar-refractivity contribution in [3.05, 3.63) is 11.7 Å². The molecule has 0 aromatic carbocycles. The largest absolute Gasteiger partial charge is 0.371 e. The van der Waals surface area contributed by atoms with Crippen LogP contribution in [0, 0.1) is 5.92 Å². The number of ether oxygens (including phenoxy) is 1. The van der Waals surface area contributed by atoms with Gasteiger partial charge in [-0.05, 0) is 46.5 Å². The first-order chi connectivity index (χ1) is 13.1. The van der Waals surface area contributed by atoms with Crippen molar-refractivity contribution in [2.45, 2.75) is 91.3 Å². The van der Waals surface area contributed by atoms with Crippen LogP contribution in [0.25, 0.3) is 0 Å². The second-order valence-electron chi connectivity index (χ2n) is 7.47. The van der Waals surface area contributed by atoms with Gasteiger partial charge >= 0.3 is 0 Å². The molecule has 1 heterocycles. The van der Waals surface area contributed by atoms with Crippen molar-refractivity contribution >= 4 is 5.96 Å². The number of nitrogens with zero attached hydrogens (tertiary/aromatic N) is 3. The first-order valence-corrected chi connectivity index (χ1v) is 10.6. The summed E-state index contributed by atoms with van der Waals surface area (Å²) in [5.41, 5.74) is 0. The van der Waals surface area contributed by atoms with E-state index in [1.807, 2.05) is 13.8 Å². The van der Waals surface area contributed by atoms with Gasteiger partial charge in [-0.25, -0.2) is 4.99 Å². The van der Waals surface area contributed by atoms with Crippen LogP contribution in [0.2, 0.25) is 0 Å². The molecule has 2 rings (SSSR count). The van der Waals surface area contributed by atoms with Crippen LogP contribution in [-0.4, -0.2) is 35.3 Å². The number of aliphatic imine (C=N–C) groups is 1. The molecule has 1 aliphatic carbocycles. The zero-order valence-electron chi connectivity index (χ0n) is 17.5. The minimum absolute atomic E-state index is 0.164. The molecule has 0 saturated heterocycles. The van der Waals surface area contributed by atoms with Crippen molar-refractivity contribution in [1.82, 2.24) is 20.8 Å². The normalized spacial score (nSPS) is 18.3. The fourth-order valence-corrected chi connectivity index (χ4v) is 3.56. The Morgan fingerprint density at radius 2 is 2.04 bits per heavy atom. The van der Waals surface area contributed by atoms with Gasteiger partial charge in [-0.1, -0.05) is 37.3 Å². The minimum atomic E-state index is -0.164. The van der Waals surface area contributed by atoms with Crippen LogP contribution in [0.4, 0.5) is 0 Å². The third-order valence-electron chi connectivity index (χ3n) is 5.10. The fraction of sp³-hybridized carbons (Fsp3) is 0.850. The van der Waals surface area contributed by atoms with Crippen molar-refractivity contribution < 1.29 is 9.26 Å². The van der Waals surface area contributed by atoms with Gasteiger partial charge in [-0.15, -0.1) is 0 Å². The summed E-state index contributed by atoms with van der Waals surface area (Å²) in [6.07, 6.45) is 9.35. The lowest BCUT2D eigenvalue weighted by Gasteiger charge is -2.24. The Bertz CT molecular complexity index is 554. The number of rotatable bonds is 10. The summed E-state index contributed by atoms with van der Waals surface area (Å²) in [7, 11) is 0. The van der Waals surface area contributed by atoms with Crippen LogP contribution in [0.15, 0.2) is 9.52 Å². The lowest BCUT2D eigenvalue weighted by Crippen LogP contribution is -2.42. The predicted molar refractivity (Wildman–Crippen MR) is 108 cm³/mol. The summed E-state index contributed by atoms with van der Waals surface area (Å²) in [4.78, 5) is 8.97. The zero-order chi connectivity index (χ0) is 19.5. The highest BCUT2D eigenvalue weighted by molar-refractivity contribution is 5.79. The van der Waals surface area contributed by atoms with E-state index in [9.17, 15) is 0 Å². The van der Waals surface area contributed by atoms with Crippen LogP contribution in [0.5, 0.6) is 0 Å². The molecule has 154 valence electrons. The lowest BCUT2D eigenvalue weighted by atomic mass is 9.85. The van der Waals surface area contributed by atoms with Crippen molar-refractivity contribution in [1.29, 1.82) is 0 Å². The summed E-state index contributed by atoms with van der Waals surface area (Å²) in [5, 5.41) is 10.8. The molecule has 1 aliphatic rings. The van der Waals surface area contributed by atoms with Gasteiger partial charge in [0.2, 0.25) is 5.89 Å². The summed E-state index contributed by atoms with van der Waals surface area (Å²) >= 11 is 0. The van der Waals surface area contributed by atoms with E-state index in [4.69, 9.17) is 9.26 Å². The number of aromatic nitrogens is 2.